The molecule has 1 aliphatic carbocycles. The average Bonchev–Trinajstić information content (AvgIpc) is 3.44. The van der Waals surface area contributed by atoms with E-state index >= 15 is 0 Å². The van der Waals surface area contributed by atoms with E-state index in [9.17, 15) is 9.90 Å². The molecule has 0 radical (unpaired) electrons. The van der Waals surface area contributed by atoms with Crippen molar-refractivity contribution in [3.63, 3.8) is 0 Å². The lowest BCUT2D eigenvalue weighted by Crippen LogP contribution is -2.45. The molecule has 1 saturated carbocycles. The maximum absolute atomic E-state index is 14.2. The maximum atomic E-state index is 14.2. The predicted octanol–water partition coefficient (Wildman–Crippen LogP) is 8.44. The molecule has 3 aromatic rings. The summed E-state index contributed by atoms with van der Waals surface area (Å²) in [5, 5.41) is 13.7. The van der Waals surface area contributed by atoms with Gasteiger partial charge in [0.05, 0.1) is 13.2 Å². The second-order valence-electron chi connectivity index (χ2n) is 14.3. The van der Waals surface area contributed by atoms with Crippen molar-refractivity contribution < 1.29 is 19.1 Å². The zero-order chi connectivity index (χ0) is 32.1. The number of aromatic hydroxyl groups is 1. The van der Waals surface area contributed by atoms with Gasteiger partial charge in [0.2, 0.25) is 5.75 Å². The van der Waals surface area contributed by atoms with Crippen LogP contribution in [0, 0.1) is 0 Å². The third-order valence-electron chi connectivity index (χ3n) is 9.75. The molecule has 0 unspecified atom stereocenters. The average molecular weight is 620 g/mol. The highest BCUT2D eigenvalue weighted by Gasteiger charge is 2.39. The van der Waals surface area contributed by atoms with E-state index in [-0.39, 0.29) is 39.7 Å². The normalized spacial score (nSPS) is 15.2. The third-order valence-corrected chi connectivity index (χ3v) is 14.3. The molecular weight excluding hydrogens is 566 g/mol. The number of amides is 1. The zero-order valence-electron chi connectivity index (χ0n) is 28.2. The summed E-state index contributed by atoms with van der Waals surface area (Å²) in [5.41, 5.74) is 1.24. The Morgan fingerprint density at radius 2 is 1.73 bits per heavy atom. The molecule has 0 atom stereocenters. The van der Waals surface area contributed by atoms with Crippen LogP contribution in [0.4, 0.5) is 0 Å². The first kappa shape index (κ1) is 33.9. The Bertz CT molecular complexity index is 1430. The van der Waals surface area contributed by atoms with Gasteiger partial charge in [0, 0.05) is 24.4 Å². The number of carbonyl (C=O) groups is 1. The van der Waals surface area contributed by atoms with Gasteiger partial charge >= 0.3 is 0 Å². The van der Waals surface area contributed by atoms with Gasteiger partial charge in [-0.1, -0.05) is 89.4 Å². The number of nitrogens with zero attached hydrogens (tertiary/aromatic N) is 3. The molecule has 0 saturated heterocycles. The van der Waals surface area contributed by atoms with Gasteiger partial charge in [-0.15, -0.1) is 0 Å². The first-order valence-corrected chi connectivity index (χ1v) is 19.4. The summed E-state index contributed by atoms with van der Waals surface area (Å²) in [4.78, 5) is 25.4. The van der Waals surface area contributed by atoms with Gasteiger partial charge in [0.15, 0.2) is 14.0 Å². The van der Waals surface area contributed by atoms with Gasteiger partial charge < -0.3 is 19.2 Å². The van der Waals surface area contributed by atoms with Crippen LogP contribution < -0.4 is 4.74 Å². The van der Waals surface area contributed by atoms with Crippen LogP contribution in [-0.2, 0) is 16.3 Å². The number of ether oxygens (including phenoxy) is 1. The standard InChI is InChI=1S/C36H53N3O4Si/c1-9-10-22-42-32-31(34(41)39(26(2)3)21-23-43-44(7,8)35(4,5)6)37-30(38-33(32)40)25-36(19-13-14-20-36)29-18-17-27-15-11-12-16-28(27)24-29/h11-12,15-18,24,26H,9-10,13-14,19-23,25H2,1-8H3,(H,37,38,40). The number of hydrogen-bond donors (Lipinski definition) is 1. The molecule has 1 aromatic heterocycles. The lowest BCUT2D eigenvalue weighted by atomic mass is 9.75. The topological polar surface area (TPSA) is 84.8 Å². The quantitative estimate of drug-likeness (QED) is 0.153. The minimum atomic E-state index is -1.98. The Morgan fingerprint density at radius 1 is 1.05 bits per heavy atom. The number of fused-ring (bicyclic) bond motifs is 1. The molecule has 1 fully saturated rings. The summed E-state index contributed by atoms with van der Waals surface area (Å²) in [6, 6.07) is 15.0. The molecule has 0 aliphatic heterocycles. The van der Waals surface area contributed by atoms with E-state index in [0.717, 1.165) is 38.5 Å². The van der Waals surface area contributed by atoms with Crippen molar-refractivity contribution in [2.45, 2.75) is 116 Å². The second kappa shape index (κ2) is 14.0. The zero-order valence-corrected chi connectivity index (χ0v) is 29.2. The largest absolute Gasteiger partial charge is 0.491 e. The van der Waals surface area contributed by atoms with Gasteiger partial charge in [-0.05, 0) is 67.6 Å². The molecule has 1 N–H and O–H groups in total. The summed E-state index contributed by atoms with van der Waals surface area (Å²) < 4.78 is 12.4. The van der Waals surface area contributed by atoms with E-state index in [1.165, 1.54) is 16.3 Å². The molecule has 240 valence electrons. The van der Waals surface area contributed by atoms with Crippen molar-refractivity contribution >= 4 is 25.0 Å². The highest BCUT2D eigenvalue weighted by molar-refractivity contribution is 6.74. The first-order chi connectivity index (χ1) is 20.8. The third kappa shape index (κ3) is 7.63. The van der Waals surface area contributed by atoms with Gasteiger partial charge in [-0.3, -0.25) is 4.79 Å². The number of benzene rings is 2. The second-order valence-corrected chi connectivity index (χ2v) is 19.1. The van der Waals surface area contributed by atoms with Crippen LogP contribution in [0.15, 0.2) is 42.5 Å². The van der Waals surface area contributed by atoms with E-state index in [1.54, 1.807) is 4.90 Å². The lowest BCUT2D eigenvalue weighted by Gasteiger charge is -2.37. The minimum Gasteiger partial charge on any atom is -0.491 e. The van der Waals surface area contributed by atoms with Crippen LogP contribution in [0.1, 0.15) is 102 Å². The van der Waals surface area contributed by atoms with E-state index in [0.29, 0.717) is 32.0 Å². The molecule has 7 nitrogen and oxygen atoms in total. The number of hydrogen-bond acceptors (Lipinski definition) is 6. The molecule has 1 heterocycles. The highest BCUT2D eigenvalue weighted by atomic mass is 28.4. The Morgan fingerprint density at radius 3 is 2.36 bits per heavy atom. The molecule has 0 spiro atoms. The monoisotopic (exact) mass is 619 g/mol. The molecule has 1 aliphatic rings. The van der Waals surface area contributed by atoms with Crippen LogP contribution >= 0.6 is 0 Å². The summed E-state index contributed by atoms with van der Waals surface area (Å²) in [6.45, 7) is 18.4. The molecular formula is C36H53N3O4Si. The Hall–Kier alpha value is -2.97. The Labute approximate surface area is 265 Å². The summed E-state index contributed by atoms with van der Waals surface area (Å²) in [7, 11) is -1.98. The maximum Gasteiger partial charge on any atom is 0.276 e. The summed E-state index contributed by atoms with van der Waals surface area (Å²) >= 11 is 0. The Balaban J connectivity index is 1.68. The van der Waals surface area contributed by atoms with Crippen molar-refractivity contribution in [1.29, 1.82) is 0 Å². The minimum absolute atomic E-state index is 0.0779. The van der Waals surface area contributed by atoms with Crippen molar-refractivity contribution in [3.05, 3.63) is 59.5 Å². The van der Waals surface area contributed by atoms with Crippen molar-refractivity contribution in [2.75, 3.05) is 19.8 Å². The number of unbranched alkanes of at least 4 members (excludes halogenated alkanes) is 1. The van der Waals surface area contributed by atoms with Crippen molar-refractivity contribution in [3.8, 4) is 11.6 Å². The smallest absolute Gasteiger partial charge is 0.276 e. The fraction of sp³-hybridized carbons (Fsp3) is 0.583. The van der Waals surface area contributed by atoms with Crippen LogP contribution in [0.25, 0.3) is 10.8 Å². The van der Waals surface area contributed by atoms with E-state index < -0.39 is 8.32 Å². The predicted molar refractivity (Wildman–Crippen MR) is 181 cm³/mol. The summed E-state index contributed by atoms with van der Waals surface area (Å²) in [5.74, 6) is 0.0251. The highest BCUT2D eigenvalue weighted by Crippen LogP contribution is 2.45. The van der Waals surface area contributed by atoms with Crippen LogP contribution in [0.3, 0.4) is 0 Å². The van der Waals surface area contributed by atoms with Crippen LogP contribution in [0.2, 0.25) is 18.1 Å². The fourth-order valence-corrected chi connectivity index (χ4v) is 6.98. The van der Waals surface area contributed by atoms with Crippen molar-refractivity contribution in [2.24, 2.45) is 0 Å². The van der Waals surface area contributed by atoms with Gasteiger partial charge in [-0.25, -0.2) is 4.98 Å². The Kier molecular flexibility index (Phi) is 10.8. The number of carbonyl (C=O) groups excluding carboxylic acids is 1. The molecule has 8 heteroatoms. The molecule has 0 bridgehead atoms. The molecule has 2 aromatic carbocycles. The molecule has 4 rings (SSSR count). The number of aromatic nitrogens is 2. The van der Waals surface area contributed by atoms with Crippen LogP contribution in [0.5, 0.6) is 11.6 Å². The van der Waals surface area contributed by atoms with E-state index in [1.807, 2.05) is 13.8 Å². The first-order valence-electron chi connectivity index (χ1n) is 16.4. The molecule has 1 amide bonds. The van der Waals surface area contributed by atoms with E-state index in [2.05, 4.69) is 88.2 Å². The van der Waals surface area contributed by atoms with Gasteiger partial charge in [0.1, 0.15) is 5.82 Å². The molecule has 44 heavy (non-hydrogen) atoms. The van der Waals surface area contributed by atoms with E-state index in [4.69, 9.17) is 14.1 Å². The lowest BCUT2D eigenvalue weighted by molar-refractivity contribution is 0.0656. The van der Waals surface area contributed by atoms with Gasteiger partial charge in [-0.2, -0.15) is 4.98 Å². The van der Waals surface area contributed by atoms with Crippen molar-refractivity contribution in [1.82, 2.24) is 14.9 Å². The van der Waals surface area contributed by atoms with Crippen LogP contribution in [-0.4, -0.2) is 60.0 Å². The van der Waals surface area contributed by atoms with Gasteiger partial charge in [0.25, 0.3) is 11.8 Å². The SMILES string of the molecule is CCCCOc1c(O)nc(CC2(c3ccc4ccccc4c3)CCCC2)nc1C(=O)N(CCO[Si](C)(C)C(C)(C)C)C(C)C. The summed E-state index contributed by atoms with van der Waals surface area (Å²) in [6.07, 6.45) is 6.54. The fourth-order valence-electron chi connectivity index (χ4n) is 5.95. The number of rotatable bonds is 13.